The minimum atomic E-state index is -0.487. The number of hydrogen-bond donors (Lipinski definition) is 0. The summed E-state index contributed by atoms with van der Waals surface area (Å²) in [7, 11) is 0. The average molecular weight is 1270 g/mol. The average Bonchev–Trinajstić information content (AvgIpc) is 1.49. The third kappa shape index (κ3) is 7.82. The highest BCUT2D eigenvalue weighted by Gasteiger charge is 2.48. The van der Waals surface area contributed by atoms with E-state index in [0.717, 1.165) is 119 Å². The first kappa shape index (κ1) is 55.9. The quantitative estimate of drug-likeness (QED) is 0.137. The Morgan fingerprint density at radius 2 is 0.929 bits per heavy atom. The summed E-state index contributed by atoms with van der Waals surface area (Å²) >= 11 is 0. The summed E-state index contributed by atoms with van der Waals surface area (Å²) < 4.78 is 19.5. The van der Waals surface area contributed by atoms with Gasteiger partial charge in [0.25, 0.3) is 0 Å². The van der Waals surface area contributed by atoms with Gasteiger partial charge in [-0.2, -0.15) is 0 Å². The summed E-state index contributed by atoms with van der Waals surface area (Å²) in [5.41, 5.74) is 31.3. The van der Waals surface area contributed by atoms with Crippen molar-refractivity contribution in [1.82, 2.24) is 8.97 Å². The zero-order chi connectivity index (χ0) is 65.4. The molecular formula is C93H64N4O2. The number of aryl methyl sites for hydroxylation is 2. The molecule has 0 saturated heterocycles. The molecule has 21 rings (SSSR count). The number of allylic oxidation sites excluding steroid dienone is 5. The molecule has 0 saturated carbocycles. The van der Waals surface area contributed by atoms with Gasteiger partial charge in [-0.15, -0.1) is 0 Å². The summed E-state index contributed by atoms with van der Waals surface area (Å²) in [5.74, 6) is 0. The van der Waals surface area contributed by atoms with Crippen LogP contribution in [-0.4, -0.2) is 8.97 Å². The summed E-state index contributed by atoms with van der Waals surface area (Å²) in [4.78, 5) is 5.04. The van der Waals surface area contributed by atoms with Crippen LogP contribution in [0.3, 0.4) is 0 Å². The maximum absolute atomic E-state index is 7.08. The number of hydrogen-bond acceptors (Lipinski definition) is 4. The van der Waals surface area contributed by atoms with Gasteiger partial charge in [-0.05, 0) is 145 Å². The lowest BCUT2D eigenvalue weighted by Crippen LogP contribution is -2.26. The zero-order valence-electron chi connectivity index (χ0n) is 55.0. The third-order valence-electron chi connectivity index (χ3n) is 22.1. The third-order valence-corrected chi connectivity index (χ3v) is 22.1. The van der Waals surface area contributed by atoms with Gasteiger partial charge in [0.1, 0.15) is 11.2 Å². The molecule has 1 unspecified atom stereocenters. The van der Waals surface area contributed by atoms with E-state index in [4.69, 9.17) is 8.83 Å². The SMILES string of the molecule is Cc1ccc(-c2ccccc2)cc1N(c1cccc2c1C1(C)CC=Cc3c1n-2c1c(-c2ccccc2)c2c4cccc5c6c(N(c7cc(-c8ccccc8)ccc7C)c7cccc8c7oc7ccccc78)cccc6n(c2c(C2=CC=CCC2)c31)c54)c1cccc2c1oc1ccccc12. The highest BCUT2D eigenvalue weighted by molar-refractivity contribution is 6.34. The number of nitrogens with zero attached hydrogens (tertiary/aromatic N) is 4. The molecule has 99 heavy (non-hydrogen) atoms. The van der Waals surface area contributed by atoms with Crippen LogP contribution in [0.1, 0.15) is 59.7 Å². The first-order valence-electron chi connectivity index (χ1n) is 34.7. The molecule has 0 spiro atoms. The van der Waals surface area contributed by atoms with Crippen LogP contribution in [-0.2, 0) is 5.41 Å². The van der Waals surface area contributed by atoms with Gasteiger partial charge in [0, 0.05) is 93.2 Å². The van der Waals surface area contributed by atoms with E-state index in [0.29, 0.717) is 0 Å². The second-order valence-corrected chi connectivity index (χ2v) is 27.5. The van der Waals surface area contributed by atoms with Gasteiger partial charge in [0.15, 0.2) is 11.2 Å². The van der Waals surface area contributed by atoms with Crippen LogP contribution in [0, 0.1) is 13.8 Å². The van der Waals surface area contributed by atoms with Crippen molar-refractivity contribution >= 4 is 139 Å². The van der Waals surface area contributed by atoms with Gasteiger partial charge in [-0.3, -0.25) is 0 Å². The first-order valence-corrected chi connectivity index (χ1v) is 34.7. The predicted molar refractivity (Wildman–Crippen MR) is 414 cm³/mol. The van der Waals surface area contributed by atoms with Crippen molar-refractivity contribution in [2.75, 3.05) is 9.80 Å². The Hall–Kier alpha value is -12.4. The minimum absolute atomic E-state index is 0.487. The second kappa shape index (κ2) is 21.1. The Labute approximate surface area is 572 Å². The smallest absolute Gasteiger partial charge is 0.159 e. The number of aromatic nitrogens is 2. The molecule has 3 aliphatic rings. The number of benzene rings is 13. The van der Waals surface area contributed by atoms with Crippen LogP contribution < -0.4 is 9.80 Å². The van der Waals surface area contributed by atoms with Crippen LogP contribution in [0.5, 0.6) is 0 Å². The van der Waals surface area contributed by atoms with Crippen molar-refractivity contribution in [2.45, 2.75) is 45.4 Å². The van der Waals surface area contributed by atoms with Crippen molar-refractivity contribution in [3.05, 3.63) is 325 Å². The Balaban J connectivity index is 0.881. The van der Waals surface area contributed by atoms with E-state index in [-0.39, 0.29) is 0 Å². The molecule has 18 aromatic rings. The van der Waals surface area contributed by atoms with Gasteiger partial charge in [-0.1, -0.05) is 237 Å². The number of para-hydroxylation sites is 5. The van der Waals surface area contributed by atoms with Gasteiger partial charge in [0.05, 0.1) is 50.5 Å². The molecule has 5 aromatic heterocycles. The van der Waals surface area contributed by atoms with E-state index in [1.807, 2.05) is 0 Å². The molecule has 13 aromatic carbocycles. The lowest BCUT2D eigenvalue weighted by Gasteiger charge is -2.35. The van der Waals surface area contributed by atoms with E-state index in [9.17, 15) is 0 Å². The molecule has 0 amide bonds. The molecule has 6 nitrogen and oxygen atoms in total. The number of furan rings is 2. The Bertz CT molecular complexity index is 6550. The first-order chi connectivity index (χ1) is 48.9. The Morgan fingerprint density at radius 1 is 0.404 bits per heavy atom. The predicted octanol–water partition coefficient (Wildman–Crippen LogP) is 25.9. The standard InChI is InChI=1S/C93H64N4O2/c1-56-49-51-62(58-26-8-4-9-27-58)54-77(56)94(75-45-21-36-66-64-34-16-18-47-79(64)98-90(66)75)71-41-23-42-72-83(71)68-38-20-39-69-84-81(60-30-12-6-13-31-60)89-85(82(61-32-14-7-15-33-61)88(84)96(72)87(68)69)70-40-25-53-93(3)86-73(43-24-44-74(86)97(89)92(70)93)95(78-55-63(52-50-57(78)2)59-28-10-5-11-29-59)76-46-22-37-67-65-35-17-19-48-80(65)99-91(67)76/h4-14,16-32,34-52,54-55H,15,33,53H2,1-3H3. The molecule has 0 fully saturated rings. The topological polar surface area (TPSA) is 42.1 Å². The lowest BCUT2D eigenvalue weighted by atomic mass is 9.72. The molecule has 0 radical (unpaired) electrons. The molecule has 6 heterocycles. The van der Waals surface area contributed by atoms with E-state index < -0.39 is 5.41 Å². The summed E-state index contributed by atoms with van der Waals surface area (Å²) in [6.07, 6.45) is 14.7. The number of rotatable bonds is 10. The van der Waals surface area contributed by atoms with E-state index in [2.05, 4.69) is 337 Å². The fourth-order valence-corrected chi connectivity index (χ4v) is 17.8. The van der Waals surface area contributed by atoms with Gasteiger partial charge in [-0.25, -0.2) is 0 Å². The van der Waals surface area contributed by atoms with Crippen LogP contribution in [0.15, 0.2) is 300 Å². The number of fused-ring (bicyclic) bond motifs is 18. The summed E-state index contributed by atoms with van der Waals surface area (Å²) in [6, 6.07) is 98.2. The van der Waals surface area contributed by atoms with Gasteiger partial charge < -0.3 is 27.6 Å². The number of anilines is 6. The van der Waals surface area contributed by atoms with Crippen molar-refractivity contribution in [3.8, 4) is 39.1 Å². The molecule has 2 aliphatic carbocycles. The van der Waals surface area contributed by atoms with Crippen LogP contribution in [0.4, 0.5) is 34.1 Å². The Morgan fingerprint density at radius 3 is 1.56 bits per heavy atom. The van der Waals surface area contributed by atoms with E-state index in [1.165, 1.54) is 105 Å². The second-order valence-electron chi connectivity index (χ2n) is 27.5. The van der Waals surface area contributed by atoms with Crippen molar-refractivity contribution in [1.29, 1.82) is 0 Å². The molecule has 0 bridgehead atoms. The molecule has 1 aliphatic heterocycles. The van der Waals surface area contributed by atoms with Crippen molar-refractivity contribution in [2.24, 2.45) is 0 Å². The Kier molecular flexibility index (Phi) is 11.9. The van der Waals surface area contributed by atoms with Crippen molar-refractivity contribution < 1.29 is 8.83 Å². The molecule has 1 atom stereocenters. The largest absolute Gasteiger partial charge is 0.454 e. The van der Waals surface area contributed by atoms with E-state index >= 15 is 0 Å². The van der Waals surface area contributed by atoms with Crippen molar-refractivity contribution in [3.63, 3.8) is 0 Å². The lowest BCUT2D eigenvalue weighted by molar-refractivity contribution is 0.579. The molecule has 468 valence electrons. The zero-order valence-corrected chi connectivity index (χ0v) is 55.0. The van der Waals surface area contributed by atoms with E-state index in [1.54, 1.807) is 0 Å². The van der Waals surface area contributed by atoms with Gasteiger partial charge in [0.2, 0.25) is 0 Å². The minimum Gasteiger partial charge on any atom is -0.454 e. The highest BCUT2D eigenvalue weighted by Crippen LogP contribution is 2.62. The normalized spacial score (nSPS) is 14.9. The fourth-order valence-electron chi connectivity index (χ4n) is 17.8. The molecule has 0 N–H and O–H groups in total. The van der Waals surface area contributed by atoms with Crippen LogP contribution in [0.25, 0.3) is 144 Å². The van der Waals surface area contributed by atoms with Crippen LogP contribution >= 0.6 is 0 Å². The molecular weight excluding hydrogens is 1210 g/mol. The summed E-state index contributed by atoms with van der Waals surface area (Å²) in [5, 5.41) is 10.5. The fraction of sp³-hybridized carbons (Fsp3) is 0.0753. The monoisotopic (exact) mass is 1270 g/mol. The van der Waals surface area contributed by atoms with Gasteiger partial charge >= 0.3 is 0 Å². The van der Waals surface area contributed by atoms with Crippen LogP contribution in [0.2, 0.25) is 0 Å². The molecule has 6 heteroatoms. The summed E-state index contributed by atoms with van der Waals surface area (Å²) in [6.45, 7) is 7.03. The highest BCUT2D eigenvalue weighted by atomic mass is 16.3. The maximum Gasteiger partial charge on any atom is 0.159 e. The maximum atomic E-state index is 7.08.